The van der Waals surface area contributed by atoms with Crippen molar-refractivity contribution >= 4 is 33.5 Å². The number of hydrogen-bond acceptors (Lipinski definition) is 3. The second-order valence-electron chi connectivity index (χ2n) is 5.83. The summed E-state index contributed by atoms with van der Waals surface area (Å²) < 4.78 is 6.50. The first-order valence-electron chi connectivity index (χ1n) is 7.87. The molecule has 2 aromatic rings. The molecule has 1 aliphatic heterocycles. The van der Waals surface area contributed by atoms with E-state index in [0.29, 0.717) is 0 Å². The van der Waals surface area contributed by atoms with E-state index in [9.17, 15) is 0 Å². The Kier molecular flexibility index (Phi) is 5.13. The van der Waals surface area contributed by atoms with E-state index in [1.54, 1.807) is 0 Å². The summed E-state index contributed by atoms with van der Waals surface area (Å²) in [7, 11) is 0. The Morgan fingerprint density at radius 2 is 1.83 bits per heavy atom. The van der Waals surface area contributed by atoms with Crippen molar-refractivity contribution < 1.29 is 4.74 Å². The highest BCUT2D eigenvalue weighted by molar-refractivity contribution is 9.10. The van der Waals surface area contributed by atoms with Crippen molar-refractivity contribution in [2.45, 2.75) is 13.8 Å². The summed E-state index contributed by atoms with van der Waals surface area (Å²) in [6.45, 7) is 7.76. The molecule has 3 nitrogen and oxygen atoms in total. The molecule has 0 radical (unpaired) electrons. The van der Waals surface area contributed by atoms with Gasteiger partial charge in [0.2, 0.25) is 0 Å². The first kappa shape index (κ1) is 16.2. The third-order valence-electron chi connectivity index (χ3n) is 4.13. The van der Waals surface area contributed by atoms with E-state index in [1.165, 1.54) is 16.8 Å². The molecule has 0 N–H and O–H groups in total. The molecule has 0 amide bonds. The largest absolute Gasteiger partial charge is 0.378 e. The van der Waals surface area contributed by atoms with E-state index < -0.39 is 0 Å². The first-order valence-corrected chi connectivity index (χ1v) is 8.66. The SMILES string of the molecule is Cc1cc(N2CCOCC2)ccc1C=Nc1ccc(Br)cc1C. The summed E-state index contributed by atoms with van der Waals surface area (Å²) in [5.41, 5.74) is 5.84. The van der Waals surface area contributed by atoms with Crippen molar-refractivity contribution in [3.63, 3.8) is 0 Å². The van der Waals surface area contributed by atoms with Crippen molar-refractivity contribution in [1.82, 2.24) is 0 Å². The van der Waals surface area contributed by atoms with Crippen LogP contribution >= 0.6 is 15.9 Å². The highest BCUT2D eigenvalue weighted by Gasteiger charge is 2.11. The number of benzene rings is 2. The van der Waals surface area contributed by atoms with Crippen LogP contribution in [0.4, 0.5) is 11.4 Å². The van der Waals surface area contributed by atoms with Gasteiger partial charge in [0.15, 0.2) is 0 Å². The van der Waals surface area contributed by atoms with E-state index in [2.05, 4.69) is 63.9 Å². The highest BCUT2D eigenvalue weighted by Crippen LogP contribution is 2.24. The van der Waals surface area contributed by atoms with Crippen molar-refractivity contribution in [3.05, 3.63) is 57.6 Å². The topological polar surface area (TPSA) is 24.8 Å². The van der Waals surface area contributed by atoms with Gasteiger partial charge in [-0.05, 0) is 60.9 Å². The number of ether oxygens (including phenoxy) is 1. The monoisotopic (exact) mass is 372 g/mol. The van der Waals surface area contributed by atoms with E-state index >= 15 is 0 Å². The Labute approximate surface area is 146 Å². The Bertz CT molecular complexity index is 721. The van der Waals surface area contributed by atoms with Crippen LogP contribution in [0.5, 0.6) is 0 Å². The maximum atomic E-state index is 5.42. The number of morpholine rings is 1. The fourth-order valence-electron chi connectivity index (χ4n) is 2.73. The molecular weight excluding hydrogens is 352 g/mol. The summed E-state index contributed by atoms with van der Waals surface area (Å²) in [5, 5.41) is 0. The van der Waals surface area contributed by atoms with E-state index in [0.717, 1.165) is 42.0 Å². The Morgan fingerprint density at radius 3 is 2.52 bits per heavy atom. The van der Waals surface area contributed by atoms with Gasteiger partial charge in [0.05, 0.1) is 18.9 Å². The average molecular weight is 373 g/mol. The zero-order valence-electron chi connectivity index (χ0n) is 13.6. The Balaban J connectivity index is 1.79. The molecule has 2 aromatic carbocycles. The fraction of sp³-hybridized carbons (Fsp3) is 0.316. The normalized spacial score (nSPS) is 15.3. The van der Waals surface area contributed by atoms with Gasteiger partial charge in [-0.15, -0.1) is 0 Å². The lowest BCUT2D eigenvalue weighted by molar-refractivity contribution is 0.122. The van der Waals surface area contributed by atoms with Gasteiger partial charge in [0.1, 0.15) is 0 Å². The highest BCUT2D eigenvalue weighted by atomic mass is 79.9. The number of halogens is 1. The van der Waals surface area contributed by atoms with Crippen LogP contribution in [-0.4, -0.2) is 32.5 Å². The molecule has 0 aromatic heterocycles. The quantitative estimate of drug-likeness (QED) is 0.732. The predicted molar refractivity (Wildman–Crippen MR) is 100 cm³/mol. The van der Waals surface area contributed by atoms with Gasteiger partial charge in [0.25, 0.3) is 0 Å². The molecule has 1 saturated heterocycles. The molecular formula is C19H21BrN2O. The van der Waals surface area contributed by atoms with Crippen LogP contribution < -0.4 is 4.90 Å². The van der Waals surface area contributed by atoms with Gasteiger partial charge in [-0.25, -0.2) is 0 Å². The number of aryl methyl sites for hydroxylation is 2. The minimum atomic E-state index is 0.811. The smallest absolute Gasteiger partial charge is 0.0659 e. The lowest BCUT2D eigenvalue weighted by atomic mass is 10.1. The zero-order valence-corrected chi connectivity index (χ0v) is 15.1. The number of anilines is 1. The van der Waals surface area contributed by atoms with Crippen molar-refractivity contribution in [1.29, 1.82) is 0 Å². The molecule has 0 spiro atoms. The van der Waals surface area contributed by atoms with Gasteiger partial charge in [0, 0.05) is 29.5 Å². The minimum absolute atomic E-state index is 0.811. The predicted octanol–water partition coefficient (Wildman–Crippen LogP) is 4.65. The molecule has 3 rings (SSSR count). The zero-order chi connectivity index (χ0) is 16.2. The summed E-state index contributed by atoms with van der Waals surface area (Å²) >= 11 is 3.48. The second-order valence-corrected chi connectivity index (χ2v) is 6.74. The van der Waals surface area contributed by atoms with Gasteiger partial charge < -0.3 is 9.64 Å². The van der Waals surface area contributed by atoms with Crippen LogP contribution in [-0.2, 0) is 4.74 Å². The van der Waals surface area contributed by atoms with Crippen LogP contribution in [0.2, 0.25) is 0 Å². The van der Waals surface area contributed by atoms with Crippen LogP contribution in [0.3, 0.4) is 0 Å². The Morgan fingerprint density at radius 1 is 1.04 bits per heavy atom. The van der Waals surface area contributed by atoms with Crippen molar-refractivity contribution in [3.8, 4) is 0 Å². The standard InChI is InChI=1S/C19H21BrN2O/c1-14-12-18(22-7-9-23-10-8-22)5-3-16(14)13-21-19-6-4-17(20)11-15(19)2/h3-6,11-13H,7-10H2,1-2H3. The lowest BCUT2D eigenvalue weighted by Gasteiger charge is -2.29. The van der Waals surface area contributed by atoms with Crippen molar-refractivity contribution in [2.75, 3.05) is 31.2 Å². The summed E-state index contributed by atoms with van der Waals surface area (Å²) in [6.07, 6.45) is 1.95. The molecule has 1 aliphatic rings. The van der Waals surface area contributed by atoms with Crippen LogP contribution in [0, 0.1) is 13.8 Å². The number of aliphatic imine (C=N–C) groups is 1. The minimum Gasteiger partial charge on any atom is -0.378 e. The Hall–Kier alpha value is -1.65. The molecule has 0 bridgehead atoms. The number of hydrogen-bond donors (Lipinski definition) is 0. The van der Waals surface area contributed by atoms with E-state index in [-0.39, 0.29) is 0 Å². The molecule has 1 fully saturated rings. The second kappa shape index (κ2) is 7.28. The molecule has 120 valence electrons. The number of nitrogens with zero attached hydrogens (tertiary/aromatic N) is 2. The average Bonchev–Trinajstić information content (AvgIpc) is 2.56. The van der Waals surface area contributed by atoms with Crippen LogP contribution in [0.25, 0.3) is 0 Å². The molecule has 1 heterocycles. The molecule has 23 heavy (non-hydrogen) atoms. The molecule has 4 heteroatoms. The number of rotatable bonds is 3. The van der Waals surface area contributed by atoms with Gasteiger partial charge in [-0.3, -0.25) is 4.99 Å². The maximum Gasteiger partial charge on any atom is 0.0659 e. The maximum absolute atomic E-state index is 5.42. The van der Waals surface area contributed by atoms with Crippen LogP contribution in [0.15, 0.2) is 45.9 Å². The third-order valence-corrected chi connectivity index (χ3v) is 4.62. The summed E-state index contributed by atoms with van der Waals surface area (Å²) in [6, 6.07) is 12.7. The lowest BCUT2D eigenvalue weighted by Crippen LogP contribution is -2.36. The van der Waals surface area contributed by atoms with Gasteiger partial charge in [-0.2, -0.15) is 0 Å². The molecule has 0 atom stereocenters. The molecule has 0 aliphatic carbocycles. The third kappa shape index (κ3) is 4.01. The fourth-order valence-corrected chi connectivity index (χ4v) is 3.20. The van der Waals surface area contributed by atoms with E-state index in [1.807, 2.05) is 18.3 Å². The van der Waals surface area contributed by atoms with Gasteiger partial charge >= 0.3 is 0 Å². The summed E-state index contributed by atoms with van der Waals surface area (Å²) in [4.78, 5) is 7.01. The van der Waals surface area contributed by atoms with Gasteiger partial charge in [-0.1, -0.05) is 22.0 Å². The first-order chi connectivity index (χ1) is 11.1. The summed E-state index contributed by atoms with van der Waals surface area (Å²) in [5.74, 6) is 0. The van der Waals surface area contributed by atoms with E-state index in [4.69, 9.17) is 4.74 Å². The van der Waals surface area contributed by atoms with Crippen LogP contribution in [0.1, 0.15) is 16.7 Å². The molecule has 0 unspecified atom stereocenters. The van der Waals surface area contributed by atoms with Crippen molar-refractivity contribution in [2.24, 2.45) is 4.99 Å². The molecule has 0 saturated carbocycles.